The Hall–Kier alpha value is -2.24. The van der Waals surface area contributed by atoms with Gasteiger partial charge in [-0.2, -0.15) is 0 Å². The molecular weight excluding hydrogens is 379 g/mol. The van der Waals surface area contributed by atoms with Crippen molar-refractivity contribution in [1.29, 1.82) is 0 Å². The van der Waals surface area contributed by atoms with Gasteiger partial charge in [0, 0.05) is 15.6 Å². The lowest BCUT2D eigenvalue weighted by Gasteiger charge is -2.12. The van der Waals surface area contributed by atoms with Crippen LogP contribution in [0.5, 0.6) is 5.75 Å². The van der Waals surface area contributed by atoms with Crippen LogP contribution in [-0.4, -0.2) is 23.7 Å². The van der Waals surface area contributed by atoms with Crippen molar-refractivity contribution in [3.8, 4) is 5.75 Å². The fourth-order valence-corrected chi connectivity index (χ4v) is 2.80. The average molecular weight is 397 g/mol. The number of carbonyl (C=O) groups is 2. The minimum atomic E-state index is -1.23. The summed E-state index contributed by atoms with van der Waals surface area (Å²) in [5, 5.41) is 10.2. The van der Waals surface area contributed by atoms with Crippen LogP contribution in [0.4, 0.5) is 0 Å². The number of carbonyl (C=O) groups excluding carboxylic acids is 1. The lowest BCUT2D eigenvalue weighted by atomic mass is 9.99. The van der Waals surface area contributed by atoms with Crippen LogP contribution in [0.3, 0.4) is 0 Å². The van der Waals surface area contributed by atoms with Crippen molar-refractivity contribution in [2.45, 2.75) is 20.0 Å². The van der Waals surface area contributed by atoms with Gasteiger partial charge in [0.2, 0.25) is 0 Å². The summed E-state index contributed by atoms with van der Waals surface area (Å²) in [6.07, 6.45) is 0.0464. The highest BCUT2D eigenvalue weighted by molar-refractivity contribution is 6.35. The van der Waals surface area contributed by atoms with Crippen LogP contribution in [0.15, 0.2) is 42.5 Å². The lowest BCUT2D eigenvalue weighted by molar-refractivity contribution is -0.158. The Labute approximate surface area is 161 Å². The number of halogens is 2. The van der Waals surface area contributed by atoms with Crippen LogP contribution in [0, 0.1) is 5.92 Å². The van der Waals surface area contributed by atoms with Crippen molar-refractivity contribution in [3.05, 3.63) is 63.6 Å². The summed E-state index contributed by atoms with van der Waals surface area (Å²) < 4.78 is 10.5. The van der Waals surface area contributed by atoms with Crippen molar-refractivity contribution in [2.75, 3.05) is 6.61 Å². The minimum Gasteiger partial charge on any atom is -0.489 e. The smallest absolute Gasteiger partial charge is 0.320 e. The molecule has 0 aromatic heterocycles. The number of hydrogen-bond donors (Lipinski definition) is 1. The van der Waals surface area contributed by atoms with Gasteiger partial charge in [0.15, 0.2) is 5.92 Å². The van der Waals surface area contributed by atoms with Crippen LogP contribution in [-0.2, 0) is 27.4 Å². The molecule has 0 fully saturated rings. The van der Waals surface area contributed by atoms with E-state index in [1.54, 1.807) is 49.4 Å². The second-order valence-electron chi connectivity index (χ2n) is 5.48. The van der Waals surface area contributed by atoms with Gasteiger partial charge in [-0.05, 0) is 43.2 Å². The maximum atomic E-state index is 11.7. The molecule has 0 heterocycles. The maximum absolute atomic E-state index is 11.7. The van der Waals surface area contributed by atoms with E-state index in [0.29, 0.717) is 26.9 Å². The summed E-state index contributed by atoms with van der Waals surface area (Å²) in [5.41, 5.74) is 1.38. The fraction of sp³-hybridized carbons (Fsp3) is 0.263. The highest BCUT2D eigenvalue weighted by atomic mass is 35.5. The third kappa shape index (κ3) is 5.38. The van der Waals surface area contributed by atoms with Gasteiger partial charge >= 0.3 is 11.9 Å². The average Bonchev–Trinajstić information content (AvgIpc) is 2.60. The Morgan fingerprint density at radius 1 is 1.08 bits per heavy atom. The highest BCUT2D eigenvalue weighted by Gasteiger charge is 2.27. The number of carboxylic acids is 1. The quantitative estimate of drug-likeness (QED) is 0.529. The second kappa shape index (κ2) is 9.46. The molecule has 7 heteroatoms. The molecule has 0 saturated carbocycles. The van der Waals surface area contributed by atoms with Crippen LogP contribution >= 0.6 is 23.2 Å². The van der Waals surface area contributed by atoms with Gasteiger partial charge in [-0.3, -0.25) is 9.59 Å². The Morgan fingerprint density at radius 3 is 2.23 bits per heavy atom. The van der Waals surface area contributed by atoms with Crippen molar-refractivity contribution in [3.63, 3.8) is 0 Å². The first-order valence-corrected chi connectivity index (χ1v) is 8.72. The largest absolute Gasteiger partial charge is 0.489 e. The monoisotopic (exact) mass is 396 g/mol. The van der Waals surface area contributed by atoms with Crippen LogP contribution < -0.4 is 4.74 Å². The zero-order valence-corrected chi connectivity index (χ0v) is 15.6. The fourth-order valence-electron chi connectivity index (χ4n) is 2.30. The molecule has 5 nitrogen and oxygen atoms in total. The first kappa shape index (κ1) is 20.1. The molecule has 2 aromatic carbocycles. The normalized spacial score (nSPS) is 11.7. The molecule has 0 bridgehead atoms. The summed E-state index contributed by atoms with van der Waals surface area (Å²) in [6.45, 7) is 1.98. The van der Waals surface area contributed by atoms with Gasteiger partial charge in [0.05, 0.1) is 6.61 Å². The zero-order chi connectivity index (χ0) is 19.1. The highest BCUT2D eigenvalue weighted by Crippen LogP contribution is 2.26. The van der Waals surface area contributed by atoms with Crippen LogP contribution in [0.25, 0.3) is 0 Å². The predicted molar refractivity (Wildman–Crippen MR) is 98.7 cm³/mol. The van der Waals surface area contributed by atoms with E-state index in [4.69, 9.17) is 32.7 Å². The number of esters is 1. The molecule has 0 aliphatic carbocycles. The first-order chi connectivity index (χ1) is 12.4. The van der Waals surface area contributed by atoms with Crippen molar-refractivity contribution < 1.29 is 24.2 Å². The summed E-state index contributed by atoms with van der Waals surface area (Å²) in [4.78, 5) is 23.0. The Kier molecular flexibility index (Phi) is 7.30. The Bertz CT molecular complexity index is 754. The van der Waals surface area contributed by atoms with Crippen molar-refractivity contribution >= 4 is 35.1 Å². The molecule has 0 aliphatic heterocycles. The van der Waals surface area contributed by atoms with Crippen LogP contribution in [0.1, 0.15) is 18.1 Å². The number of ether oxygens (including phenoxy) is 2. The van der Waals surface area contributed by atoms with Crippen molar-refractivity contribution in [1.82, 2.24) is 0 Å². The van der Waals surface area contributed by atoms with E-state index < -0.39 is 17.9 Å². The second-order valence-corrected chi connectivity index (χ2v) is 6.29. The summed E-state index contributed by atoms with van der Waals surface area (Å²) in [5.74, 6) is -2.61. The lowest BCUT2D eigenvalue weighted by Crippen LogP contribution is -2.27. The molecule has 26 heavy (non-hydrogen) atoms. The number of aliphatic carboxylic acids is 1. The standard InChI is InChI=1S/C19H18Cl2O5/c1-2-25-19(24)14(18(22)23)10-12-6-8-13(9-7-12)26-11-15-16(20)4-3-5-17(15)21/h3-9,14H,2,10-11H2,1H3,(H,22,23). The molecule has 0 aliphatic rings. The molecule has 2 rings (SSSR count). The minimum absolute atomic E-state index is 0.0464. The number of carboxylic acid groups (broad SMARTS) is 1. The molecule has 2 aromatic rings. The van der Waals surface area contributed by atoms with E-state index >= 15 is 0 Å². The van der Waals surface area contributed by atoms with Gasteiger partial charge in [0.1, 0.15) is 12.4 Å². The maximum Gasteiger partial charge on any atom is 0.320 e. The molecule has 0 spiro atoms. The molecule has 0 saturated heterocycles. The zero-order valence-electron chi connectivity index (χ0n) is 14.1. The summed E-state index contributed by atoms with van der Waals surface area (Å²) in [6, 6.07) is 12.0. The molecule has 0 amide bonds. The number of benzene rings is 2. The van der Waals surface area contributed by atoms with Gasteiger partial charge in [-0.25, -0.2) is 0 Å². The van der Waals surface area contributed by atoms with Gasteiger partial charge in [-0.15, -0.1) is 0 Å². The summed E-state index contributed by atoms with van der Waals surface area (Å²) in [7, 11) is 0. The van der Waals surface area contributed by atoms with Gasteiger partial charge in [-0.1, -0.05) is 41.4 Å². The van der Waals surface area contributed by atoms with E-state index in [1.165, 1.54) is 0 Å². The van der Waals surface area contributed by atoms with E-state index in [0.717, 1.165) is 0 Å². The topological polar surface area (TPSA) is 72.8 Å². The van der Waals surface area contributed by atoms with Gasteiger partial charge in [0.25, 0.3) is 0 Å². The number of rotatable bonds is 8. The summed E-state index contributed by atoms with van der Waals surface area (Å²) >= 11 is 12.2. The third-order valence-electron chi connectivity index (χ3n) is 3.68. The van der Waals surface area contributed by atoms with Crippen LogP contribution in [0.2, 0.25) is 10.0 Å². The molecular formula is C19H18Cl2O5. The molecule has 1 N–H and O–H groups in total. The Balaban J connectivity index is 2.01. The molecule has 0 radical (unpaired) electrons. The molecule has 1 unspecified atom stereocenters. The van der Waals surface area contributed by atoms with E-state index in [2.05, 4.69) is 0 Å². The van der Waals surface area contributed by atoms with Crippen molar-refractivity contribution in [2.24, 2.45) is 5.92 Å². The third-order valence-corrected chi connectivity index (χ3v) is 4.39. The molecule has 138 valence electrons. The van der Waals surface area contributed by atoms with E-state index in [-0.39, 0.29) is 19.6 Å². The van der Waals surface area contributed by atoms with Gasteiger partial charge < -0.3 is 14.6 Å². The molecule has 1 atom stereocenters. The SMILES string of the molecule is CCOC(=O)C(Cc1ccc(OCc2c(Cl)cccc2Cl)cc1)C(=O)O. The Morgan fingerprint density at radius 2 is 1.69 bits per heavy atom. The van der Waals surface area contributed by atoms with E-state index in [9.17, 15) is 14.7 Å². The number of hydrogen-bond acceptors (Lipinski definition) is 4. The predicted octanol–water partition coefficient (Wildman–Crippen LogP) is 4.38. The first-order valence-electron chi connectivity index (χ1n) is 7.96. The van der Waals surface area contributed by atoms with E-state index in [1.807, 2.05) is 0 Å².